The second kappa shape index (κ2) is 5.25. The molecule has 1 rings (SSSR count). The van der Waals surface area contributed by atoms with Crippen LogP contribution in [0.2, 0.25) is 0 Å². The van der Waals surface area contributed by atoms with Gasteiger partial charge in [-0.15, -0.1) is 6.42 Å². The topological polar surface area (TPSA) is 36.4 Å². The number of hydrogen-bond acceptors (Lipinski definition) is 3. The van der Waals surface area contributed by atoms with Crippen molar-refractivity contribution < 1.29 is 5.11 Å². The highest BCUT2D eigenvalue weighted by atomic mass is 16.3. The SMILES string of the molecule is C#CCN(CC)c1ccncc1CO. The highest BCUT2D eigenvalue weighted by Crippen LogP contribution is 2.18. The standard InChI is InChI=1S/C11H14N2O/c1-3-7-13(4-2)11-5-6-12-8-10(11)9-14/h1,5-6,8,14H,4,7,9H2,2H3. The zero-order chi connectivity index (χ0) is 10.4. The third kappa shape index (κ3) is 2.24. The molecule has 0 aliphatic rings. The monoisotopic (exact) mass is 190 g/mol. The van der Waals surface area contributed by atoms with Gasteiger partial charge in [-0.25, -0.2) is 0 Å². The summed E-state index contributed by atoms with van der Waals surface area (Å²) in [7, 11) is 0. The van der Waals surface area contributed by atoms with Crippen LogP contribution in [0.5, 0.6) is 0 Å². The van der Waals surface area contributed by atoms with Crippen LogP contribution in [0.4, 0.5) is 5.69 Å². The molecule has 1 N–H and O–H groups in total. The summed E-state index contributed by atoms with van der Waals surface area (Å²) >= 11 is 0. The first-order chi connectivity index (χ1) is 6.83. The number of hydrogen-bond donors (Lipinski definition) is 1. The van der Waals surface area contributed by atoms with E-state index in [1.54, 1.807) is 12.4 Å². The van der Waals surface area contributed by atoms with Crippen LogP contribution in [0, 0.1) is 12.3 Å². The van der Waals surface area contributed by atoms with Gasteiger partial charge < -0.3 is 10.0 Å². The molecule has 0 amide bonds. The van der Waals surface area contributed by atoms with E-state index in [9.17, 15) is 0 Å². The number of pyridine rings is 1. The molecule has 0 spiro atoms. The maximum atomic E-state index is 9.11. The van der Waals surface area contributed by atoms with Gasteiger partial charge in [0.2, 0.25) is 0 Å². The van der Waals surface area contributed by atoms with E-state index in [0.29, 0.717) is 6.54 Å². The Morgan fingerprint density at radius 1 is 1.64 bits per heavy atom. The van der Waals surface area contributed by atoms with Crippen molar-refractivity contribution in [2.45, 2.75) is 13.5 Å². The molecule has 0 radical (unpaired) electrons. The van der Waals surface area contributed by atoms with Gasteiger partial charge in [0.1, 0.15) is 0 Å². The molecule has 0 atom stereocenters. The predicted molar refractivity (Wildman–Crippen MR) is 56.9 cm³/mol. The fraction of sp³-hybridized carbons (Fsp3) is 0.364. The molecule has 0 saturated carbocycles. The second-order valence-electron chi connectivity index (χ2n) is 2.88. The number of rotatable bonds is 4. The molecule has 0 aliphatic heterocycles. The van der Waals surface area contributed by atoms with Gasteiger partial charge in [-0.1, -0.05) is 5.92 Å². The minimum Gasteiger partial charge on any atom is -0.392 e. The molecule has 0 fully saturated rings. The summed E-state index contributed by atoms with van der Waals surface area (Å²) < 4.78 is 0. The van der Waals surface area contributed by atoms with Crippen LogP contribution in [0.1, 0.15) is 12.5 Å². The number of aliphatic hydroxyl groups is 1. The molecular weight excluding hydrogens is 176 g/mol. The molecule has 3 heteroatoms. The van der Waals surface area contributed by atoms with Gasteiger partial charge in [0.15, 0.2) is 0 Å². The zero-order valence-corrected chi connectivity index (χ0v) is 8.27. The Hall–Kier alpha value is -1.53. The van der Waals surface area contributed by atoms with Gasteiger partial charge in [0, 0.05) is 30.2 Å². The lowest BCUT2D eigenvalue weighted by Gasteiger charge is -2.22. The third-order valence-corrected chi connectivity index (χ3v) is 2.05. The lowest BCUT2D eigenvalue weighted by molar-refractivity contribution is 0.281. The average molecular weight is 190 g/mol. The maximum absolute atomic E-state index is 9.11. The van der Waals surface area contributed by atoms with E-state index in [4.69, 9.17) is 11.5 Å². The Labute approximate surface area is 84.4 Å². The second-order valence-corrected chi connectivity index (χ2v) is 2.88. The van der Waals surface area contributed by atoms with E-state index in [1.807, 2.05) is 17.9 Å². The molecule has 1 aromatic rings. The van der Waals surface area contributed by atoms with E-state index in [2.05, 4.69) is 10.9 Å². The van der Waals surface area contributed by atoms with Gasteiger partial charge in [-0.2, -0.15) is 0 Å². The van der Waals surface area contributed by atoms with E-state index in [0.717, 1.165) is 17.8 Å². The molecule has 0 saturated heterocycles. The van der Waals surface area contributed by atoms with E-state index < -0.39 is 0 Å². The van der Waals surface area contributed by atoms with Gasteiger partial charge in [-0.05, 0) is 13.0 Å². The number of nitrogens with zero attached hydrogens (tertiary/aromatic N) is 2. The van der Waals surface area contributed by atoms with Crippen LogP contribution in [-0.2, 0) is 6.61 Å². The Kier molecular flexibility index (Phi) is 3.96. The lowest BCUT2D eigenvalue weighted by atomic mass is 10.2. The molecule has 1 heterocycles. The zero-order valence-electron chi connectivity index (χ0n) is 8.27. The fourth-order valence-corrected chi connectivity index (χ4v) is 1.33. The van der Waals surface area contributed by atoms with E-state index in [1.165, 1.54) is 0 Å². The van der Waals surface area contributed by atoms with Gasteiger partial charge >= 0.3 is 0 Å². The van der Waals surface area contributed by atoms with Crippen LogP contribution in [0.3, 0.4) is 0 Å². The highest BCUT2D eigenvalue weighted by Gasteiger charge is 2.07. The van der Waals surface area contributed by atoms with Crippen LogP contribution in [-0.4, -0.2) is 23.2 Å². The van der Waals surface area contributed by atoms with Crippen molar-refractivity contribution in [3.63, 3.8) is 0 Å². The van der Waals surface area contributed by atoms with Crippen molar-refractivity contribution in [3.8, 4) is 12.3 Å². The van der Waals surface area contributed by atoms with Gasteiger partial charge in [-0.3, -0.25) is 4.98 Å². The van der Waals surface area contributed by atoms with Crippen LogP contribution in [0.15, 0.2) is 18.5 Å². The summed E-state index contributed by atoms with van der Waals surface area (Å²) in [6, 6.07) is 1.87. The Morgan fingerprint density at radius 3 is 3.00 bits per heavy atom. The predicted octanol–water partition coefficient (Wildman–Crippen LogP) is 1.03. The van der Waals surface area contributed by atoms with Crippen molar-refractivity contribution in [1.29, 1.82) is 0 Å². The average Bonchev–Trinajstić information content (AvgIpc) is 2.26. The van der Waals surface area contributed by atoms with Crippen molar-refractivity contribution in [2.75, 3.05) is 18.0 Å². The van der Waals surface area contributed by atoms with Crippen molar-refractivity contribution in [3.05, 3.63) is 24.0 Å². The first-order valence-electron chi connectivity index (χ1n) is 4.55. The summed E-state index contributed by atoms with van der Waals surface area (Å²) in [5.41, 5.74) is 1.77. The quantitative estimate of drug-likeness (QED) is 0.720. The molecule has 0 aromatic carbocycles. The molecular formula is C11H14N2O. The lowest BCUT2D eigenvalue weighted by Crippen LogP contribution is -2.24. The molecule has 74 valence electrons. The highest BCUT2D eigenvalue weighted by molar-refractivity contribution is 5.52. The van der Waals surface area contributed by atoms with Crippen molar-refractivity contribution in [2.24, 2.45) is 0 Å². The van der Waals surface area contributed by atoms with Crippen LogP contribution >= 0.6 is 0 Å². The van der Waals surface area contributed by atoms with Crippen molar-refractivity contribution >= 4 is 5.69 Å². The molecule has 3 nitrogen and oxygen atoms in total. The Morgan fingerprint density at radius 2 is 2.43 bits per heavy atom. The normalized spacial score (nSPS) is 9.50. The van der Waals surface area contributed by atoms with Crippen LogP contribution in [0.25, 0.3) is 0 Å². The minimum absolute atomic E-state index is 0.00968. The third-order valence-electron chi connectivity index (χ3n) is 2.05. The summed E-state index contributed by atoms with van der Waals surface area (Å²) in [5.74, 6) is 2.59. The molecule has 0 unspecified atom stereocenters. The summed E-state index contributed by atoms with van der Waals surface area (Å²) in [6.07, 6.45) is 8.63. The Bertz CT molecular complexity index is 330. The number of terminal acetylenes is 1. The minimum atomic E-state index is -0.00968. The van der Waals surface area contributed by atoms with E-state index >= 15 is 0 Å². The van der Waals surface area contributed by atoms with Gasteiger partial charge in [0.25, 0.3) is 0 Å². The summed E-state index contributed by atoms with van der Waals surface area (Å²) in [4.78, 5) is 5.98. The van der Waals surface area contributed by atoms with E-state index in [-0.39, 0.29) is 6.61 Å². The van der Waals surface area contributed by atoms with Gasteiger partial charge in [0.05, 0.1) is 13.2 Å². The van der Waals surface area contributed by atoms with Crippen molar-refractivity contribution in [1.82, 2.24) is 4.98 Å². The molecule has 0 bridgehead atoms. The summed E-state index contributed by atoms with van der Waals surface area (Å²) in [5, 5.41) is 9.11. The number of aromatic nitrogens is 1. The van der Waals surface area contributed by atoms with Crippen LogP contribution < -0.4 is 4.90 Å². The largest absolute Gasteiger partial charge is 0.392 e. The number of aliphatic hydroxyl groups excluding tert-OH is 1. The molecule has 1 aromatic heterocycles. The molecule has 14 heavy (non-hydrogen) atoms. The fourth-order valence-electron chi connectivity index (χ4n) is 1.33. The Balaban J connectivity index is 2.97. The summed E-state index contributed by atoms with van der Waals surface area (Å²) in [6.45, 7) is 3.39. The first-order valence-corrected chi connectivity index (χ1v) is 4.55. The molecule has 0 aliphatic carbocycles. The maximum Gasteiger partial charge on any atom is 0.0791 e. The number of anilines is 1. The smallest absolute Gasteiger partial charge is 0.0791 e. The first kappa shape index (κ1) is 10.6.